The van der Waals surface area contributed by atoms with E-state index in [1.807, 2.05) is 0 Å². The summed E-state index contributed by atoms with van der Waals surface area (Å²) in [6.45, 7) is 3.43. The fourth-order valence-corrected chi connectivity index (χ4v) is 1.54. The Hall–Kier alpha value is -2.11. The number of rotatable bonds is 2. The van der Waals surface area contributed by atoms with Crippen molar-refractivity contribution < 1.29 is 17.9 Å². The molecular weight excluding hydrogens is 257 g/mol. The highest BCUT2D eigenvalue weighted by Crippen LogP contribution is 2.32. The van der Waals surface area contributed by atoms with E-state index in [1.54, 1.807) is 13.8 Å². The Balaban J connectivity index is 2.29. The van der Waals surface area contributed by atoms with Crippen LogP contribution in [0.1, 0.15) is 17.1 Å². The van der Waals surface area contributed by atoms with Gasteiger partial charge in [-0.25, -0.2) is 9.97 Å². The number of nitrogens with zero attached hydrogens (tertiary/aromatic N) is 2. The van der Waals surface area contributed by atoms with Crippen molar-refractivity contribution in [3.05, 3.63) is 47.5 Å². The van der Waals surface area contributed by atoms with Gasteiger partial charge in [0.1, 0.15) is 11.6 Å². The Morgan fingerprint density at radius 3 is 2.53 bits per heavy atom. The largest absolute Gasteiger partial charge is 0.454 e. The van der Waals surface area contributed by atoms with Crippen LogP contribution in [0, 0.1) is 13.8 Å². The van der Waals surface area contributed by atoms with Gasteiger partial charge in [0.15, 0.2) is 5.75 Å². The molecule has 2 rings (SSSR count). The number of halogens is 3. The Bertz CT molecular complexity index is 597. The maximum Gasteiger partial charge on any atom is 0.416 e. The lowest BCUT2D eigenvalue weighted by molar-refractivity contribution is -0.137. The molecule has 1 aromatic heterocycles. The van der Waals surface area contributed by atoms with E-state index in [0.29, 0.717) is 17.3 Å². The molecular formula is C13H11F3N2O. The second-order valence-corrected chi connectivity index (χ2v) is 3.99. The minimum absolute atomic E-state index is 0.102. The molecule has 0 N–H and O–H groups in total. The highest BCUT2D eigenvalue weighted by atomic mass is 19.4. The van der Waals surface area contributed by atoms with Crippen molar-refractivity contribution >= 4 is 0 Å². The fraction of sp³-hybridized carbons (Fsp3) is 0.231. The van der Waals surface area contributed by atoms with Crippen LogP contribution in [0.15, 0.2) is 30.5 Å². The summed E-state index contributed by atoms with van der Waals surface area (Å²) in [5.41, 5.74) is -0.180. The van der Waals surface area contributed by atoms with Gasteiger partial charge >= 0.3 is 6.18 Å². The van der Waals surface area contributed by atoms with Gasteiger partial charge in [0.2, 0.25) is 0 Å². The summed E-state index contributed by atoms with van der Waals surface area (Å²) in [5.74, 6) is 1.02. The van der Waals surface area contributed by atoms with Gasteiger partial charge in [-0.2, -0.15) is 13.2 Å². The molecule has 0 radical (unpaired) electrons. The summed E-state index contributed by atoms with van der Waals surface area (Å²) in [7, 11) is 0. The number of benzene rings is 1. The average molecular weight is 268 g/mol. The van der Waals surface area contributed by atoms with Crippen LogP contribution in [-0.4, -0.2) is 9.97 Å². The number of alkyl halides is 3. The lowest BCUT2D eigenvalue weighted by Gasteiger charge is -2.11. The molecule has 1 heterocycles. The van der Waals surface area contributed by atoms with E-state index in [-0.39, 0.29) is 5.75 Å². The van der Waals surface area contributed by atoms with Gasteiger partial charge in [-0.1, -0.05) is 6.07 Å². The first-order valence-corrected chi connectivity index (χ1v) is 5.51. The minimum atomic E-state index is -4.39. The van der Waals surface area contributed by atoms with Crippen LogP contribution in [0.5, 0.6) is 11.5 Å². The lowest BCUT2D eigenvalue weighted by Crippen LogP contribution is -2.04. The van der Waals surface area contributed by atoms with Crippen LogP contribution in [0.4, 0.5) is 13.2 Å². The number of aromatic nitrogens is 2. The molecule has 3 nitrogen and oxygen atoms in total. The van der Waals surface area contributed by atoms with E-state index in [9.17, 15) is 13.2 Å². The summed E-state index contributed by atoms with van der Waals surface area (Å²) in [6.07, 6.45) is -2.95. The third-order valence-corrected chi connectivity index (χ3v) is 2.44. The van der Waals surface area contributed by atoms with E-state index >= 15 is 0 Å². The fourth-order valence-electron chi connectivity index (χ4n) is 1.54. The first-order valence-electron chi connectivity index (χ1n) is 5.51. The monoisotopic (exact) mass is 268 g/mol. The second-order valence-electron chi connectivity index (χ2n) is 3.99. The van der Waals surface area contributed by atoms with Gasteiger partial charge in [0.05, 0.1) is 17.5 Å². The van der Waals surface area contributed by atoms with E-state index in [1.165, 1.54) is 18.3 Å². The molecule has 0 amide bonds. The summed E-state index contributed by atoms with van der Waals surface area (Å²) in [6, 6.07) is 4.68. The molecule has 0 aliphatic heterocycles. The van der Waals surface area contributed by atoms with Gasteiger partial charge in [-0.15, -0.1) is 0 Å². The average Bonchev–Trinajstić information content (AvgIpc) is 2.32. The molecule has 1 aromatic carbocycles. The maximum absolute atomic E-state index is 12.6. The third kappa shape index (κ3) is 3.21. The second kappa shape index (κ2) is 4.87. The van der Waals surface area contributed by atoms with Gasteiger partial charge in [0.25, 0.3) is 0 Å². The van der Waals surface area contributed by atoms with Crippen molar-refractivity contribution in [3.8, 4) is 11.5 Å². The van der Waals surface area contributed by atoms with Crippen molar-refractivity contribution in [2.75, 3.05) is 0 Å². The van der Waals surface area contributed by atoms with Crippen molar-refractivity contribution in [1.29, 1.82) is 0 Å². The van der Waals surface area contributed by atoms with E-state index in [4.69, 9.17) is 4.74 Å². The van der Waals surface area contributed by atoms with Crippen LogP contribution in [-0.2, 0) is 6.18 Å². The van der Waals surface area contributed by atoms with Crippen molar-refractivity contribution in [2.24, 2.45) is 0 Å². The van der Waals surface area contributed by atoms with Gasteiger partial charge in [-0.3, -0.25) is 0 Å². The molecule has 0 aliphatic carbocycles. The van der Waals surface area contributed by atoms with Crippen molar-refractivity contribution in [1.82, 2.24) is 9.97 Å². The highest BCUT2D eigenvalue weighted by Gasteiger charge is 2.30. The first-order chi connectivity index (χ1) is 8.86. The number of aryl methyl sites for hydroxylation is 2. The van der Waals surface area contributed by atoms with Crippen LogP contribution in [0.25, 0.3) is 0 Å². The highest BCUT2D eigenvalue weighted by molar-refractivity contribution is 5.35. The number of ether oxygens (including phenoxy) is 1. The van der Waals surface area contributed by atoms with Crippen LogP contribution >= 0.6 is 0 Å². The molecule has 0 atom stereocenters. The molecule has 2 aromatic rings. The molecule has 0 saturated heterocycles. The summed E-state index contributed by atoms with van der Waals surface area (Å²) < 4.78 is 43.1. The maximum atomic E-state index is 12.6. The first kappa shape index (κ1) is 13.3. The SMILES string of the molecule is Cc1ncc(Oc2cccc(C(F)(F)F)c2)c(C)n1. The molecule has 0 bridgehead atoms. The lowest BCUT2D eigenvalue weighted by atomic mass is 10.2. The number of hydrogen-bond donors (Lipinski definition) is 0. The smallest absolute Gasteiger partial charge is 0.416 e. The van der Waals surface area contributed by atoms with Crippen LogP contribution < -0.4 is 4.74 Å². The normalized spacial score (nSPS) is 11.4. The Morgan fingerprint density at radius 1 is 1.16 bits per heavy atom. The third-order valence-electron chi connectivity index (χ3n) is 2.44. The predicted octanol–water partition coefficient (Wildman–Crippen LogP) is 3.90. The zero-order valence-electron chi connectivity index (χ0n) is 10.3. The number of hydrogen-bond acceptors (Lipinski definition) is 3. The quantitative estimate of drug-likeness (QED) is 0.828. The minimum Gasteiger partial charge on any atom is -0.454 e. The van der Waals surface area contributed by atoms with Crippen LogP contribution in [0.3, 0.4) is 0 Å². The zero-order chi connectivity index (χ0) is 14.0. The van der Waals surface area contributed by atoms with Gasteiger partial charge in [0, 0.05) is 0 Å². The Kier molecular flexibility index (Phi) is 3.42. The van der Waals surface area contributed by atoms with Crippen molar-refractivity contribution in [2.45, 2.75) is 20.0 Å². The molecule has 0 aliphatic rings. The summed E-state index contributed by atoms with van der Waals surface area (Å²) in [5, 5.41) is 0. The molecule has 6 heteroatoms. The molecule has 100 valence electrons. The predicted molar refractivity (Wildman–Crippen MR) is 63.0 cm³/mol. The molecule has 0 spiro atoms. The molecule has 0 fully saturated rings. The van der Waals surface area contributed by atoms with E-state index in [2.05, 4.69) is 9.97 Å². The Labute approximate surface area is 108 Å². The van der Waals surface area contributed by atoms with Crippen LogP contribution in [0.2, 0.25) is 0 Å². The van der Waals surface area contributed by atoms with E-state index in [0.717, 1.165) is 12.1 Å². The summed E-state index contributed by atoms with van der Waals surface area (Å²) >= 11 is 0. The zero-order valence-corrected chi connectivity index (χ0v) is 10.3. The van der Waals surface area contributed by atoms with Gasteiger partial charge < -0.3 is 4.74 Å². The topological polar surface area (TPSA) is 35.0 Å². The standard InChI is InChI=1S/C13H11F3N2O/c1-8-12(7-17-9(2)18-8)19-11-5-3-4-10(6-11)13(14,15)16/h3-7H,1-2H3. The van der Waals surface area contributed by atoms with Crippen molar-refractivity contribution in [3.63, 3.8) is 0 Å². The van der Waals surface area contributed by atoms with E-state index < -0.39 is 11.7 Å². The molecule has 19 heavy (non-hydrogen) atoms. The Morgan fingerprint density at radius 2 is 1.89 bits per heavy atom. The summed E-state index contributed by atoms with van der Waals surface area (Å²) in [4.78, 5) is 8.03. The van der Waals surface area contributed by atoms with Gasteiger partial charge in [-0.05, 0) is 32.0 Å². The molecule has 0 unspecified atom stereocenters. The molecule has 0 saturated carbocycles.